The highest BCUT2D eigenvalue weighted by molar-refractivity contribution is 7.91. The Bertz CT molecular complexity index is 869. The van der Waals surface area contributed by atoms with E-state index in [4.69, 9.17) is 4.98 Å². The minimum absolute atomic E-state index is 0.0880. The van der Waals surface area contributed by atoms with Gasteiger partial charge in [-0.15, -0.1) is 0 Å². The first kappa shape index (κ1) is 18.4. The number of sulfone groups is 1. The Kier molecular flexibility index (Phi) is 4.73. The van der Waals surface area contributed by atoms with Crippen molar-refractivity contribution < 1.29 is 8.42 Å². The minimum atomic E-state index is -3.10. The van der Waals surface area contributed by atoms with Crippen molar-refractivity contribution in [2.45, 2.75) is 71.4 Å². The SMILES string of the molecule is CC(C)S(=O)(=O)Cc1ccc2c(c1)nc(CC(C)(C)C)n2CC1CC1. The summed E-state index contributed by atoms with van der Waals surface area (Å²) in [6.07, 6.45) is 3.53. The zero-order valence-corrected chi connectivity index (χ0v) is 16.9. The summed E-state index contributed by atoms with van der Waals surface area (Å²) in [5, 5.41) is -0.355. The molecule has 0 unspecified atom stereocenters. The van der Waals surface area contributed by atoms with Crippen LogP contribution in [0.25, 0.3) is 11.0 Å². The largest absolute Gasteiger partial charge is 0.328 e. The summed E-state index contributed by atoms with van der Waals surface area (Å²) in [5.74, 6) is 1.99. The topological polar surface area (TPSA) is 52.0 Å². The third kappa shape index (κ3) is 4.43. The van der Waals surface area contributed by atoms with E-state index in [-0.39, 0.29) is 16.4 Å². The molecule has 0 bridgehead atoms. The number of benzene rings is 1. The summed E-state index contributed by atoms with van der Waals surface area (Å²) in [4.78, 5) is 4.88. The molecule has 0 saturated heterocycles. The molecule has 0 radical (unpaired) electrons. The summed E-state index contributed by atoms with van der Waals surface area (Å²) in [7, 11) is -3.10. The van der Waals surface area contributed by atoms with E-state index in [0.717, 1.165) is 41.3 Å². The van der Waals surface area contributed by atoms with Crippen molar-refractivity contribution in [1.29, 1.82) is 0 Å². The highest BCUT2D eigenvalue weighted by Gasteiger charge is 2.26. The van der Waals surface area contributed by atoms with Crippen molar-refractivity contribution in [2.24, 2.45) is 11.3 Å². The van der Waals surface area contributed by atoms with Gasteiger partial charge in [-0.3, -0.25) is 0 Å². The Balaban J connectivity index is 1.99. The third-order valence-corrected chi connectivity index (χ3v) is 6.98. The fraction of sp³-hybridized carbons (Fsp3) is 0.650. The van der Waals surface area contributed by atoms with Crippen molar-refractivity contribution in [1.82, 2.24) is 9.55 Å². The number of imidazole rings is 1. The van der Waals surface area contributed by atoms with E-state index in [1.807, 2.05) is 12.1 Å². The van der Waals surface area contributed by atoms with Crippen molar-refractivity contribution >= 4 is 20.9 Å². The Labute approximate surface area is 151 Å². The number of hydrogen-bond donors (Lipinski definition) is 0. The Morgan fingerprint density at radius 1 is 1.24 bits per heavy atom. The van der Waals surface area contributed by atoms with Gasteiger partial charge in [0.1, 0.15) is 5.82 Å². The predicted octanol–water partition coefficient (Wildman–Crippen LogP) is 4.36. The molecule has 2 aromatic rings. The van der Waals surface area contributed by atoms with Crippen molar-refractivity contribution in [3.8, 4) is 0 Å². The van der Waals surface area contributed by atoms with E-state index in [0.29, 0.717) is 0 Å². The number of nitrogens with zero attached hydrogens (tertiary/aromatic N) is 2. The molecule has 1 fully saturated rings. The van der Waals surface area contributed by atoms with E-state index >= 15 is 0 Å². The molecule has 1 aliphatic carbocycles. The molecule has 25 heavy (non-hydrogen) atoms. The van der Waals surface area contributed by atoms with Crippen molar-refractivity contribution in [3.63, 3.8) is 0 Å². The summed E-state index contributed by atoms with van der Waals surface area (Å²) in [6.45, 7) is 11.2. The van der Waals surface area contributed by atoms with Gasteiger partial charge in [-0.05, 0) is 55.7 Å². The second-order valence-electron chi connectivity index (χ2n) is 9.00. The molecule has 4 nitrogen and oxygen atoms in total. The van der Waals surface area contributed by atoms with Crippen LogP contribution in [0, 0.1) is 11.3 Å². The van der Waals surface area contributed by atoms with Gasteiger partial charge in [-0.2, -0.15) is 0 Å². The first-order valence-corrected chi connectivity index (χ1v) is 11.0. The molecule has 0 aliphatic heterocycles. The monoisotopic (exact) mass is 362 g/mol. The molecule has 5 heteroatoms. The molecule has 138 valence electrons. The summed E-state index contributed by atoms with van der Waals surface area (Å²) in [5.41, 5.74) is 3.07. The second kappa shape index (κ2) is 6.42. The summed E-state index contributed by atoms with van der Waals surface area (Å²) in [6, 6.07) is 5.97. The van der Waals surface area contributed by atoms with E-state index in [1.54, 1.807) is 13.8 Å². The van der Waals surface area contributed by atoms with Crippen LogP contribution in [0.15, 0.2) is 18.2 Å². The van der Waals surface area contributed by atoms with Crippen LogP contribution in [-0.2, 0) is 28.6 Å². The lowest BCUT2D eigenvalue weighted by Gasteiger charge is -2.18. The van der Waals surface area contributed by atoms with Gasteiger partial charge in [0.05, 0.1) is 22.0 Å². The standard InChI is InChI=1S/C20H30N2O2S/c1-14(2)25(23,24)13-16-8-9-18-17(10-16)21-19(11-20(3,4)5)22(18)12-15-6-7-15/h8-10,14-15H,6-7,11-13H2,1-5H3. The van der Waals surface area contributed by atoms with Crippen LogP contribution in [0.4, 0.5) is 0 Å². The van der Waals surface area contributed by atoms with Crippen LogP contribution in [0.2, 0.25) is 0 Å². The highest BCUT2D eigenvalue weighted by atomic mass is 32.2. The molecule has 1 aliphatic rings. The molecule has 1 saturated carbocycles. The van der Waals surface area contributed by atoms with Crippen LogP contribution in [0.3, 0.4) is 0 Å². The van der Waals surface area contributed by atoms with E-state index in [2.05, 4.69) is 31.4 Å². The molecule has 0 amide bonds. The van der Waals surface area contributed by atoms with Gasteiger partial charge in [0.25, 0.3) is 0 Å². The van der Waals surface area contributed by atoms with Gasteiger partial charge in [-0.1, -0.05) is 26.8 Å². The summed E-state index contributed by atoms with van der Waals surface area (Å²) < 4.78 is 26.8. The quantitative estimate of drug-likeness (QED) is 0.767. The molecule has 1 heterocycles. The van der Waals surface area contributed by atoms with E-state index < -0.39 is 9.84 Å². The van der Waals surface area contributed by atoms with Crippen molar-refractivity contribution in [2.75, 3.05) is 0 Å². The lowest BCUT2D eigenvalue weighted by molar-refractivity contribution is 0.391. The Hall–Kier alpha value is -1.36. The van der Waals surface area contributed by atoms with Crippen LogP contribution in [-0.4, -0.2) is 23.2 Å². The number of fused-ring (bicyclic) bond motifs is 1. The van der Waals surface area contributed by atoms with E-state index in [9.17, 15) is 8.42 Å². The van der Waals surface area contributed by atoms with Gasteiger partial charge < -0.3 is 4.57 Å². The molecule has 0 atom stereocenters. The average molecular weight is 363 g/mol. The molecular weight excluding hydrogens is 332 g/mol. The Morgan fingerprint density at radius 3 is 2.48 bits per heavy atom. The third-order valence-electron chi connectivity index (χ3n) is 4.80. The maximum atomic E-state index is 12.2. The minimum Gasteiger partial charge on any atom is -0.328 e. The summed E-state index contributed by atoms with van der Waals surface area (Å²) >= 11 is 0. The molecule has 1 aromatic heterocycles. The molecule has 1 aromatic carbocycles. The highest BCUT2D eigenvalue weighted by Crippen LogP contribution is 2.34. The number of hydrogen-bond acceptors (Lipinski definition) is 3. The zero-order chi connectivity index (χ0) is 18.4. The smallest absolute Gasteiger partial charge is 0.156 e. The molecule has 0 N–H and O–H groups in total. The lowest BCUT2D eigenvalue weighted by Crippen LogP contribution is -2.16. The van der Waals surface area contributed by atoms with Crippen molar-refractivity contribution in [3.05, 3.63) is 29.6 Å². The maximum Gasteiger partial charge on any atom is 0.156 e. The average Bonchev–Trinajstić information content (AvgIpc) is 3.21. The van der Waals surface area contributed by atoms with Gasteiger partial charge in [-0.25, -0.2) is 13.4 Å². The van der Waals surface area contributed by atoms with Gasteiger partial charge >= 0.3 is 0 Å². The second-order valence-corrected chi connectivity index (χ2v) is 11.6. The van der Waals surface area contributed by atoms with Crippen LogP contribution >= 0.6 is 0 Å². The maximum absolute atomic E-state index is 12.2. The van der Waals surface area contributed by atoms with Crippen LogP contribution in [0.1, 0.15) is 58.8 Å². The van der Waals surface area contributed by atoms with Crippen LogP contribution < -0.4 is 0 Å². The van der Waals surface area contributed by atoms with Gasteiger partial charge in [0.15, 0.2) is 9.84 Å². The molecular formula is C20H30N2O2S. The van der Waals surface area contributed by atoms with E-state index in [1.165, 1.54) is 12.8 Å². The fourth-order valence-corrected chi connectivity index (χ4v) is 4.06. The Morgan fingerprint density at radius 2 is 1.92 bits per heavy atom. The first-order chi connectivity index (χ1) is 11.5. The zero-order valence-electron chi connectivity index (χ0n) is 16.0. The van der Waals surface area contributed by atoms with Gasteiger partial charge in [0, 0.05) is 13.0 Å². The molecule has 0 spiro atoms. The lowest BCUT2D eigenvalue weighted by atomic mass is 9.92. The number of aromatic nitrogens is 2. The van der Waals surface area contributed by atoms with Crippen LogP contribution in [0.5, 0.6) is 0 Å². The first-order valence-electron chi connectivity index (χ1n) is 9.25. The fourth-order valence-electron chi connectivity index (χ4n) is 3.09. The van der Waals surface area contributed by atoms with Gasteiger partial charge in [0.2, 0.25) is 0 Å². The normalized spacial score (nSPS) is 16.1. The number of rotatable bonds is 6. The predicted molar refractivity (Wildman–Crippen MR) is 103 cm³/mol. The molecule has 3 rings (SSSR count).